The summed E-state index contributed by atoms with van der Waals surface area (Å²) in [5.74, 6) is 1.69. The molecule has 0 amide bonds. The summed E-state index contributed by atoms with van der Waals surface area (Å²) in [7, 11) is 0. The Kier molecular flexibility index (Phi) is 2.69. The van der Waals surface area contributed by atoms with Gasteiger partial charge in [0.1, 0.15) is 0 Å². The van der Waals surface area contributed by atoms with Crippen LogP contribution in [-0.4, -0.2) is 5.11 Å². The molecule has 1 aromatic rings. The molecule has 4 unspecified atom stereocenters. The van der Waals surface area contributed by atoms with Gasteiger partial charge in [-0.2, -0.15) is 5.26 Å². The summed E-state index contributed by atoms with van der Waals surface area (Å²) in [6, 6.07) is 10.8. The Morgan fingerprint density at radius 2 is 2.00 bits per heavy atom. The maximum Gasteiger partial charge on any atom is 0.0981 e. The van der Waals surface area contributed by atoms with Gasteiger partial charge in [0.25, 0.3) is 0 Å². The van der Waals surface area contributed by atoms with Gasteiger partial charge in [0, 0.05) is 0 Å². The molecule has 2 heteroatoms. The van der Waals surface area contributed by atoms with Gasteiger partial charge in [0.05, 0.1) is 17.6 Å². The Balaban J connectivity index is 1.73. The Morgan fingerprint density at radius 3 is 2.60 bits per heavy atom. The summed E-state index contributed by atoms with van der Waals surface area (Å²) in [6.45, 7) is 0. The van der Waals surface area contributed by atoms with Crippen molar-refractivity contribution in [3.63, 3.8) is 0 Å². The SMILES string of the molecule is N#CC1(C(O)c2ccccc2C2CC2)CC2CCC1C2. The van der Waals surface area contributed by atoms with E-state index in [0.717, 1.165) is 24.8 Å². The molecule has 3 aliphatic carbocycles. The molecule has 1 aromatic carbocycles. The Bertz CT molecular complexity index is 571. The van der Waals surface area contributed by atoms with Gasteiger partial charge in [-0.25, -0.2) is 0 Å². The highest BCUT2D eigenvalue weighted by Gasteiger charge is 2.56. The monoisotopic (exact) mass is 267 g/mol. The van der Waals surface area contributed by atoms with Gasteiger partial charge in [-0.15, -0.1) is 0 Å². The normalized spacial score (nSPS) is 36.8. The van der Waals surface area contributed by atoms with E-state index in [0.29, 0.717) is 17.8 Å². The number of benzene rings is 1. The van der Waals surface area contributed by atoms with E-state index in [4.69, 9.17) is 0 Å². The summed E-state index contributed by atoms with van der Waals surface area (Å²) in [6.07, 6.45) is 6.29. The van der Waals surface area contributed by atoms with E-state index in [-0.39, 0.29) is 0 Å². The van der Waals surface area contributed by atoms with E-state index in [2.05, 4.69) is 18.2 Å². The first-order valence-electron chi connectivity index (χ1n) is 7.93. The maximum absolute atomic E-state index is 11.0. The quantitative estimate of drug-likeness (QED) is 0.901. The van der Waals surface area contributed by atoms with Crippen LogP contribution in [-0.2, 0) is 0 Å². The lowest BCUT2D eigenvalue weighted by Crippen LogP contribution is -2.33. The first kappa shape index (κ1) is 12.4. The average Bonchev–Trinajstić information content (AvgIpc) is 3.15. The molecule has 4 rings (SSSR count). The van der Waals surface area contributed by atoms with Crippen LogP contribution >= 0.6 is 0 Å². The highest BCUT2D eigenvalue weighted by Crippen LogP contribution is 2.61. The molecule has 0 saturated heterocycles. The second-order valence-corrected chi connectivity index (χ2v) is 7.04. The number of nitriles is 1. The molecular weight excluding hydrogens is 246 g/mol. The van der Waals surface area contributed by atoms with Crippen molar-refractivity contribution in [2.45, 2.75) is 50.5 Å². The van der Waals surface area contributed by atoms with Crippen molar-refractivity contribution in [3.8, 4) is 6.07 Å². The summed E-state index contributed by atoms with van der Waals surface area (Å²) in [5, 5.41) is 20.8. The summed E-state index contributed by atoms with van der Waals surface area (Å²) in [5.41, 5.74) is 1.80. The standard InChI is InChI=1S/C18H21NO/c19-11-18(10-12-5-8-14(18)9-12)17(20)16-4-2-1-3-15(16)13-6-7-13/h1-4,12-14,17,20H,5-10H2. The van der Waals surface area contributed by atoms with Gasteiger partial charge < -0.3 is 5.11 Å². The maximum atomic E-state index is 11.0. The molecule has 0 aromatic heterocycles. The van der Waals surface area contributed by atoms with Crippen molar-refractivity contribution in [1.29, 1.82) is 5.26 Å². The van der Waals surface area contributed by atoms with E-state index < -0.39 is 11.5 Å². The largest absolute Gasteiger partial charge is 0.387 e. The Morgan fingerprint density at radius 1 is 1.20 bits per heavy atom. The minimum absolute atomic E-state index is 0.403. The molecular formula is C18H21NO. The number of aliphatic hydroxyl groups is 1. The lowest BCUT2D eigenvalue weighted by Gasteiger charge is -2.36. The number of aliphatic hydroxyl groups excluding tert-OH is 1. The highest BCUT2D eigenvalue weighted by molar-refractivity contribution is 5.37. The van der Waals surface area contributed by atoms with E-state index in [1.807, 2.05) is 12.1 Å². The van der Waals surface area contributed by atoms with Crippen LogP contribution in [0.15, 0.2) is 24.3 Å². The molecule has 0 radical (unpaired) electrons. The molecule has 3 aliphatic rings. The second-order valence-electron chi connectivity index (χ2n) is 7.04. The first-order valence-corrected chi connectivity index (χ1v) is 7.93. The molecule has 20 heavy (non-hydrogen) atoms. The topological polar surface area (TPSA) is 44.0 Å². The molecule has 3 fully saturated rings. The molecule has 3 saturated carbocycles. The molecule has 0 heterocycles. The van der Waals surface area contributed by atoms with E-state index >= 15 is 0 Å². The fraction of sp³-hybridized carbons (Fsp3) is 0.611. The lowest BCUT2D eigenvalue weighted by molar-refractivity contribution is 0.0227. The molecule has 2 nitrogen and oxygen atoms in total. The molecule has 0 spiro atoms. The van der Waals surface area contributed by atoms with Crippen LogP contribution in [0.2, 0.25) is 0 Å². The van der Waals surface area contributed by atoms with Gasteiger partial charge in [0.15, 0.2) is 0 Å². The zero-order chi connectivity index (χ0) is 13.7. The lowest BCUT2D eigenvalue weighted by atomic mass is 9.68. The van der Waals surface area contributed by atoms with E-state index in [1.165, 1.54) is 24.8 Å². The van der Waals surface area contributed by atoms with Crippen LogP contribution in [0, 0.1) is 28.6 Å². The van der Waals surface area contributed by atoms with Crippen molar-refractivity contribution in [2.24, 2.45) is 17.3 Å². The van der Waals surface area contributed by atoms with Gasteiger partial charge in [-0.05, 0) is 61.0 Å². The Labute approximate surface area is 120 Å². The fourth-order valence-electron chi connectivity index (χ4n) is 4.71. The van der Waals surface area contributed by atoms with E-state index in [9.17, 15) is 10.4 Å². The summed E-state index contributed by atoms with van der Waals surface area (Å²) in [4.78, 5) is 0. The Hall–Kier alpha value is -1.33. The zero-order valence-corrected chi connectivity index (χ0v) is 11.8. The van der Waals surface area contributed by atoms with Crippen LogP contribution in [0.3, 0.4) is 0 Å². The average molecular weight is 267 g/mol. The van der Waals surface area contributed by atoms with Gasteiger partial charge in [-0.1, -0.05) is 30.7 Å². The summed E-state index contributed by atoms with van der Waals surface area (Å²) < 4.78 is 0. The predicted octanol–water partition coefficient (Wildman–Crippen LogP) is 3.93. The van der Waals surface area contributed by atoms with Gasteiger partial charge in [-0.3, -0.25) is 0 Å². The van der Waals surface area contributed by atoms with Gasteiger partial charge in [0.2, 0.25) is 0 Å². The second kappa shape index (κ2) is 4.33. The molecule has 104 valence electrons. The van der Waals surface area contributed by atoms with Crippen molar-refractivity contribution < 1.29 is 5.11 Å². The van der Waals surface area contributed by atoms with Crippen molar-refractivity contribution in [2.75, 3.05) is 0 Å². The number of hydrogen-bond acceptors (Lipinski definition) is 2. The third kappa shape index (κ3) is 1.66. The van der Waals surface area contributed by atoms with Gasteiger partial charge >= 0.3 is 0 Å². The molecule has 2 bridgehead atoms. The third-order valence-electron chi connectivity index (χ3n) is 5.90. The van der Waals surface area contributed by atoms with E-state index in [1.54, 1.807) is 0 Å². The number of rotatable bonds is 3. The number of fused-ring (bicyclic) bond motifs is 2. The van der Waals surface area contributed by atoms with Crippen molar-refractivity contribution in [1.82, 2.24) is 0 Å². The highest BCUT2D eigenvalue weighted by atomic mass is 16.3. The number of hydrogen-bond donors (Lipinski definition) is 1. The first-order chi connectivity index (χ1) is 9.74. The predicted molar refractivity (Wildman–Crippen MR) is 76.9 cm³/mol. The zero-order valence-electron chi connectivity index (χ0n) is 11.8. The molecule has 1 N–H and O–H groups in total. The van der Waals surface area contributed by atoms with Crippen LogP contribution in [0.5, 0.6) is 0 Å². The summed E-state index contributed by atoms with van der Waals surface area (Å²) >= 11 is 0. The van der Waals surface area contributed by atoms with Crippen molar-refractivity contribution >= 4 is 0 Å². The fourth-order valence-corrected chi connectivity index (χ4v) is 4.71. The van der Waals surface area contributed by atoms with Crippen LogP contribution in [0.25, 0.3) is 0 Å². The molecule has 4 atom stereocenters. The minimum Gasteiger partial charge on any atom is -0.387 e. The minimum atomic E-state index is -0.598. The van der Waals surface area contributed by atoms with Crippen LogP contribution < -0.4 is 0 Å². The van der Waals surface area contributed by atoms with Crippen molar-refractivity contribution in [3.05, 3.63) is 35.4 Å². The third-order valence-corrected chi connectivity index (χ3v) is 5.90. The number of nitrogens with zero attached hydrogens (tertiary/aromatic N) is 1. The smallest absolute Gasteiger partial charge is 0.0981 e. The van der Waals surface area contributed by atoms with Crippen LogP contribution in [0.4, 0.5) is 0 Å². The molecule has 0 aliphatic heterocycles. The van der Waals surface area contributed by atoms with Crippen LogP contribution in [0.1, 0.15) is 61.7 Å².